The first kappa shape index (κ1) is 13.8. The fourth-order valence-electron chi connectivity index (χ4n) is 1.80. The molecule has 0 aromatic heterocycles. The van der Waals surface area contributed by atoms with Crippen molar-refractivity contribution >= 4 is 5.91 Å². The Morgan fingerprint density at radius 3 is 2.06 bits per heavy atom. The molecule has 0 radical (unpaired) electrons. The molecule has 2 nitrogen and oxygen atoms in total. The summed E-state index contributed by atoms with van der Waals surface area (Å²) in [5, 5.41) is 0. The molecule has 0 saturated carbocycles. The Morgan fingerprint density at radius 2 is 1.65 bits per heavy atom. The van der Waals surface area contributed by atoms with Gasteiger partial charge in [0, 0.05) is 19.5 Å². The maximum atomic E-state index is 11.7. The lowest BCUT2D eigenvalue weighted by atomic mass is 10.0. The molecule has 0 fully saturated rings. The van der Waals surface area contributed by atoms with Crippen LogP contribution in [0.25, 0.3) is 0 Å². The summed E-state index contributed by atoms with van der Waals surface area (Å²) in [6.07, 6.45) is 0. The van der Waals surface area contributed by atoms with Crippen LogP contribution < -0.4 is 0 Å². The van der Waals surface area contributed by atoms with Gasteiger partial charge in [-0.2, -0.15) is 0 Å². The standard InChI is InChI=1S/C15H23NO/c1-11(2)14-8-6-13(7-9-14)10-16(5)15(17)12(3)4/h6-9,11-12H,10H2,1-5H3. The van der Waals surface area contributed by atoms with Crippen LogP contribution in [-0.4, -0.2) is 17.9 Å². The number of benzene rings is 1. The van der Waals surface area contributed by atoms with E-state index in [9.17, 15) is 4.79 Å². The van der Waals surface area contributed by atoms with Crippen LogP contribution in [-0.2, 0) is 11.3 Å². The Balaban J connectivity index is 2.66. The summed E-state index contributed by atoms with van der Waals surface area (Å²) in [4.78, 5) is 13.5. The SMILES string of the molecule is CC(C)C(=O)N(C)Cc1ccc(C(C)C)cc1. The molecular weight excluding hydrogens is 210 g/mol. The van der Waals surface area contributed by atoms with Crippen molar-refractivity contribution in [2.75, 3.05) is 7.05 Å². The number of amides is 1. The molecule has 1 aromatic rings. The smallest absolute Gasteiger partial charge is 0.225 e. The van der Waals surface area contributed by atoms with Crippen LogP contribution in [0.5, 0.6) is 0 Å². The van der Waals surface area contributed by atoms with Gasteiger partial charge in [0.05, 0.1) is 0 Å². The normalized spacial score (nSPS) is 11.0. The van der Waals surface area contributed by atoms with Crippen LogP contribution in [0.2, 0.25) is 0 Å². The van der Waals surface area contributed by atoms with Gasteiger partial charge < -0.3 is 4.90 Å². The summed E-state index contributed by atoms with van der Waals surface area (Å²) in [6.45, 7) is 8.92. The number of rotatable bonds is 4. The molecule has 0 heterocycles. The van der Waals surface area contributed by atoms with Gasteiger partial charge in [0.1, 0.15) is 0 Å². The van der Waals surface area contributed by atoms with E-state index in [-0.39, 0.29) is 11.8 Å². The van der Waals surface area contributed by atoms with E-state index in [1.54, 1.807) is 4.90 Å². The quantitative estimate of drug-likeness (QED) is 0.780. The zero-order valence-corrected chi connectivity index (χ0v) is 11.5. The van der Waals surface area contributed by atoms with Crippen molar-refractivity contribution in [1.29, 1.82) is 0 Å². The van der Waals surface area contributed by atoms with Crippen LogP contribution in [0.3, 0.4) is 0 Å². The molecule has 1 aromatic carbocycles. The van der Waals surface area contributed by atoms with E-state index in [0.29, 0.717) is 12.5 Å². The lowest BCUT2D eigenvalue weighted by Gasteiger charge is -2.19. The predicted molar refractivity (Wildman–Crippen MR) is 71.8 cm³/mol. The van der Waals surface area contributed by atoms with Gasteiger partial charge >= 0.3 is 0 Å². The summed E-state index contributed by atoms with van der Waals surface area (Å²) in [5.41, 5.74) is 2.53. The van der Waals surface area contributed by atoms with Crippen molar-refractivity contribution < 1.29 is 4.79 Å². The number of carbonyl (C=O) groups is 1. The van der Waals surface area contributed by atoms with Gasteiger partial charge in [0.2, 0.25) is 5.91 Å². The number of hydrogen-bond donors (Lipinski definition) is 0. The Bertz CT molecular complexity index is 365. The van der Waals surface area contributed by atoms with Gasteiger partial charge in [-0.05, 0) is 17.0 Å². The highest BCUT2D eigenvalue weighted by Gasteiger charge is 2.12. The first-order chi connectivity index (χ1) is 7.91. The molecule has 1 amide bonds. The largest absolute Gasteiger partial charge is 0.341 e. The van der Waals surface area contributed by atoms with Crippen LogP contribution in [0.15, 0.2) is 24.3 Å². The molecule has 0 unspecified atom stereocenters. The van der Waals surface area contributed by atoms with Crippen molar-refractivity contribution in [1.82, 2.24) is 4.90 Å². The monoisotopic (exact) mass is 233 g/mol. The lowest BCUT2D eigenvalue weighted by Crippen LogP contribution is -2.29. The minimum atomic E-state index is 0.0648. The third-order valence-corrected chi connectivity index (χ3v) is 2.94. The molecule has 0 N–H and O–H groups in total. The second-order valence-electron chi connectivity index (χ2n) is 5.25. The van der Waals surface area contributed by atoms with Gasteiger partial charge in [-0.1, -0.05) is 52.0 Å². The number of hydrogen-bond acceptors (Lipinski definition) is 1. The Hall–Kier alpha value is -1.31. The lowest BCUT2D eigenvalue weighted by molar-refractivity contribution is -0.133. The second-order valence-corrected chi connectivity index (χ2v) is 5.25. The minimum Gasteiger partial charge on any atom is -0.341 e. The molecule has 17 heavy (non-hydrogen) atoms. The van der Waals surface area contributed by atoms with Crippen LogP contribution in [0.4, 0.5) is 0 Å². The predicted octanol–water partition coefficient (Wildman–Crippen LogP) is 3.42. The maximum absolute atomic E-state index is 11.7. The molecule has 2 heteroatoms. The van der Waals surface area contributed by atoms with E-state index in [2.05, 4.69) is 38.1 Å². The molecule has 94 valence electrons. The summed E-state index contributed by atoms with van der Waals surface area (Å²) in [7, 11) is 1.86. The fourth-order valence-corrected chi connectivity index (χ4v) is 1.80. The summed E-state index contributed by atoms with van der Waals surface area (Å²) in [5.74, 6) is 0.812. The van der Waals surface area contributed by atoms with Crippen molar-refractivity contribution in [2.45, 2.75) is 40.2 Å². The van der Waals surface area contributed by atoms with Crippen molar-refractivity contribution in [2.24, 2.45) is 5.92 Å². The van der Waals surface area contributed by atoms with Crippen LogP contribution >= 0.6 is 0 Å². The second kappa shape index (κ2) is 5.85. The number of carbonyl (C=O) groups excluding carboxylic acids is 1. The van der Waals surface area contributed by atoms with E-state index in [1.807, 2.05) is 20.9 Å². The molecule has 0 aliphatic carbocycles. The summed E-state index contributed by atoms with van der Waals surface area (Å²) >= 11 is 0. The Labute approximate surface area is 105 Å². The van der Waals surface area contributed by atoms with Gasteiger partial charge in [0.25, 0.3) is 0 Å². The van der Waals surface area contributed by atoms with E-state index in [0.717, 1.165) is 0 Å². The van der Waals surface area contributed by atoms with Gasteiger partial charge in [0.15, 0.2) is 0 Å². The van der Waals surface area contributed by atoms with Gasteiger partial charge in [-0.3, -0.25) is 4.79 Å². The van der Waals surface area contributed by atoms with Gasteiger partial charge in [-0.25, -0.2) is 0 Å². The summed E-state index contributed by atoms with van der Waals surface area (Å²) in [6, 6.07) is 8.51. The highest BCUT2D eigenvalue weighted by Crippen LogP contribution is 2.15. The molecular formula is C15H23NO. The zero-order valence-electron chi connectivity index (χ0n) is 11.5. The first-order valence-corrected chi connectivity index (χ1v) is 6.25. The topological polar surface area (TPSA) is 20.3 Å². The van der Waals surface area contributed by atoms with E-state index >= 15 is 0 Å². The minimum absolute atomic E-state index is 0.0648. The first-order valence-electron chi connectivity index (χ1n) is 6.25. The van der Waals surface area contributed by atoms with E-state index in [4.69, 9.17) is 0 Å². The Morgan fingerprint density at radius 1 is 1.12 bits per heavy atom. The Kier molecular flexibility index (Phi) is 4.73. The van der Waals surface area contributed by atoms with Crippen molar-refractivity contribution in [3.63, 3.8) is 0 Å². The fraction of sp³-hybridized carbons (Fsp3) is 0.533. The molecule has 0 spiro atoms. The third-order valence-electron chi connectivity index (χ3n) is 2.94. The van der Waals surface area contributed by atoms with Crippen molar-refractivity contribution in [3.05, 3.63) is 35.4 Å². The van der Waals surface area contributed by atoms with Gasteiger partial charge in [-0.15, -0.1) is 0 Å². The maximum Gasteiger partial charge on any atom is 0.225 e. The zero-order chi connectivity index (χ0) is 13.0. The van der Waals surface area contributed by atoms with Crippen LogP contribution in [0, 0.1) is 5.92 Å². The number of nitrogens with zero attached hydrogens (tertiary/aromatic N) is 1. The molecule has 1 rings (SSSR count). The highest BCUT2D eigenvalue weighted by molar-refractivity contribution is 5.77. The third kappa shape index (κ3) is 3.88. The van der Waals surface area contributed by atoms with Crippen molar-refractivity contribution in [3.8, 4) is 0 Å². The molecule has 0 saturated heterocycles. The average Bonchev–Trinajstić information content (AvgIpc) is 2.28. The molecule has 0 aliphatic rings. The van der Waals surface area contributed by atoms with Crippen LogP contribution in [0.1, 0.15) is 44.7 Å². The molecule has 0 bridgehead atoms. The average molecular weight is 233 g/mol. The van der Waals surface area contributed by atoms with E-state index < -0.39 is 0 Å². The molecule has 0 atom stereocenters. The molecule has 0 aliphatic heterocycles. The highest BCUT2D eigenvalue weighted by atomic mass is 16.2. The summed E-state index contributed by atoms with van der Waals surface area (Å²) < 4.78 is 0. The van der Waals surface area contributed by atoms with E-state index in [1.165, 1.54) is 11.1 Å².